The maximum Gasteiger partial charge on any atom is 0.243 e. The second-order valence-electron chi connectivity index (χ2n) is 9.31. The lowest BCUT2D eigenvalue weighted by atomic mass is 9.94. The quantitative estimate of drug-likeness (QED) is 0.472. The first-order chi connectivity index (χ1) is 17.3. The van der Waals surface area contributed by atoms with Gasteiger partial charge in [0.2, 0.25) is 15.9 Å². The average molecular weight is 568 g/mol. The first-order valence-electron chi connectivity index (χ1n) is 12.1. The van der Waals surface area contributed by atoms with Gasteiger partial charge in [0.1, 0.15) is 0 Å². The summed E-state index contributed by atoms with van der Waals surface area (Å²) in [6.07, 6.45) is 1.50. The zero-order chi connectivity index (χ0) is 25.3. The van der Waals surface area contributed by atoms with Crippen LogP contribution in [-0.4, -0.2) is 62.8 Å². The van der Waals surface area contributed by atoms with Crippen LogP contribution in [0.2, 0.25) is 0 Å². The Labute approximate surface area is 220 Å². The largest absolute Gasteiger partial charge is 0.371 e. The van der Waals surface area contributed by atoms with Gasteiger partial charge in [-0.15, -0.1) is 0 Å². The first kappa shape index (κ1) is 24.8. The second-order valence-corrected chi connectivity index (χ2v) is 12.2. The highest BCUT2D eigenvalue weighted by atomic mass is 79.9. The van der Waals surface area contributed by atoms with E-state index in [-0.39, 0.29) is 16.7 Å². The molecule has 9 heteroatoms. The Kier molecular flexibility index (Phi) is 7.02. The van der Waals surface area contributed by atoms with Crippen molar-refractivity contribution in [3.63, 3.8) is 0 Å². The molecule has 0 unspecified atom stereocenters. The number of sulfonamides is 1. The summed E-state index contributed by atoms with van der Waals surface area (Å²) in [6.45, 7) is 2.93. The van der Waals surface area contributed by atoms with Crippen molar-refractivity contribution >= 4 is 48.3 Å². The average Bonchev–Trinajstić information content (AvgIpc) is 2.92. The normalized spacial score (nSPS) is 17.8. The molecule has 0 N–H and O–H groups in total. The number of halogens is 1. The maximum absolute atomic E-state index is 13.3. The molecule has 3 aromatic carbocycles. The van der Waals surface area contributed by atoms with E-state index in [4.69, 9.17) is 5.26 Å². The van der Waals surface area contributed by atoms with Crippen LogP contribution in [0.25, 0.3) is 10.8 Å². The van der Waals surface area contributed by atoms with Crippen molar-refractivity contribution in [1.29, 1.82) is 5.26 Å². The number of carbonyl (C=O) groups excluding carboxylic acids is 1. The summed E-state index contributed by atoms with van der Waals surface area (Å²) in [6, 6.07) is 20.7. The molecule has 0 radical (unpaired) electrons. The number of amides is 1. The Morgan fingerprint density at radius 2 is 1.58 bits per heavy atom. The number of benzene rings is 3. The molecule has 2 fully saturated rings. The van der Waals surface area contributed by atoms with Gasteiger partial charge in [0.15, 0.2) is 0 Å². The van der Waals surface area contributed by atoms with Crippen molar-refractivity contribution in [1.82, 2.24) is 9.21 Å². The molecule has 0 spiro atoms. The van der Waals surface area contributed by atoms with Crippen molar-refractivity contribution < 1.29 is 13.2 Å². The van der Waals surface area contributed by atoms with Gasteiger partial charge in [-0.2, -0.15) is 9.57 Å². The molecule has 3 aromatic rings. The number of fused-ring (bicyclic) bond motifs is 1. The van der Waals surface area contributed by atoms with E-state index in [9.17, 15) is 13.2 Å². The van der Waals surface area contributed by atoms with Crippen LogP contribution in [0.15, 0.2) is 70.0 Å². The summed E-state index contributed by atoms with van der Waals surface area (Å²) in [7, 11) is -3.63. The van der Waals surface area contributed by atoms with Gasteiger partial charge in [0, 0.05) is 55.3 Å². The Morgan fingerprint density at radius 1 is 0.889 bits per heavy atom. The Bertz CT molecular complexity index is 1440. The molecule has 5 rings (SSSR count). The third-order valence-corrected chi connectivity index (χ3v) is 9.53. The summed E-state index contributed by atoms with van der Waals surface area (Å²) in [5.41, 5.74) is 1.65. The molecule has 1 amide bonds. The predicted molar refractivity (Wildman–Crippen MR) is 143 cm³/mol. The highest BCUT2D eigenvalue weighted by molar-refractivity contribution is 9.10. The van der Waals surface area contributed by atoms with Crippen LogP contribution in [0, 0.1) is 17.2 Å². The van der Waals surface area contributed by atoms with Crippen LogP contribution in [0.4, 0.5) is 5.69 Å². The van der Waals surface area contributed by atoms with Crippen LogP contribution in [0.5, 0.6) is 0 Å². The third kappa shape index (κ3) is 4.99. The van der Waals surface area contributed by atoms with Gasteiger partial charge in [0.05, 0.1) is 16.5 Å². The topological polar surface area (TPSA) is 84.7 Å². The van der Waals surface area contributed by atoms with Crippen molar-refractivity contribution in [3.05, 3.63) is 70.7 Å². The van der Waals surface area contributed by atoms with Crippen molar-refractivity contribution in [2.75, 3.05) is 44.2 Å². The van der Waals surface area contributed by atoms with E-state index in [2.05, 4.69) is 26.9 Å². The number of nitrogens with zero attached hydrogens (tertiary/aromatic N) is 4. The van der Waals surface area contributed by atoms with E-state index in [0.29, 0.717) is 31.7 Å². The molecule has 2 heterocycles. The SMILES string of the molecule is N#Cc1cccc(N2CCC(C(=O)N3CCN(S(=O)(=O)c4ccc5cc(Br)ccc5c4)CC3)CC2)c1. The summed E-state index contributed by atoms with van der Waals surface area (Å²) in [5.74, 6) is 0.0668. The maximum atomic E-state index is 13.3. The molecule has 0 aromatic heterocycles. The van der Waals surface area contributed by atoms with Crippen molar-refractivity contribution in [2.24, 2.45) is 5.92 Å². The summed E-state index contributed by atoms with van der Waals surface area (Å²) in [5, 5.41) is 11.0. The molecule has 0 bridgehead atoms. The summed E-state index contributed by atoms with van der Waals surface area (Å²) < 4.78 is 29.0. The number of piperidine rings is 1. The zero-order valence-corrected chi connectivity index (χ0v) is 22.2. The molecule has 0 aliphatic carbocycles. The standard InChI is InChI=1S/C27H27BrN4O3S/c28-24-6-4-23-18-26(7-5-22(23)17-24)36(34,35)32-14-12-31(13-15-32)27(33)21-8-10-30(11-9-21)25-3-1-2-20(16-25)19-29/h1-7,16-18,21H,8-15H2. The Morgan fingerprint density at radius 3 is 2.31 bits per heavy atom. The Hall–Kier alpha value is -2.93. The minimum atomic E-state index is -3.63. The molecule has 2 aliphatic rings. The van der Waals surface area contributed by atoms with Crippen LogP contribution in [-0.2, 0) is 14.8 Å². The van der Waals surface area contributed by atoms with Crippen LogP contribution >= 0.6 is 15.9 Å². The lowest BCUT2D eigenvalue weighted by Crippen LogP contribution is -2.52. The van der Waals surface area contributed by atoms with Gasteiger partial charge in [-0.25, -0.2) is 8.42 Å². The van der Waals surface area contributed by atoms with Crippen molar-refractivity contribution in [3.8, 4) is 6.07 Å². The van der Waals surface area contributed by atoms with Crippen LogP contribution < -0.4 is 4.90 Å². The van der Waals surface area contributed by atoms with Gasteiger partial charge < -0.3 is 9.80 Å². The van der Waals surface area contributed by atoms with Crippen LogP contribution in [0.1, 0.15) is 18.4 Å². The van der Waals surface area contributed by atoms with E-state index in [1.807, 2.05) is 47.4 Å². The molecule has 186 valence electrons. The van der Waals surface area contributed by atoms with Crippen LogP contribution in [0.3, 0.4) is 0 Å². The van der Waals surface area contributed by atoms with Gasteiger partial charge in [-0.1, -0.05) is 34.1 Å². The molecule has 0 atom stereocenters. The van der Waals surface area contributed by atoms with E-state index in [1.54, 1.807) is 18.2 Å². The van der Waals surface area contributed by atoms with E-state index in [0.717, 1.165) is 46.9 Å². The zero-order valence-electron chi connectivity index (χ0n) is 19.8. The first-order valence-corrected chi connectivity index (χ1v) is 14.3. The van der Waals surface area contributed by atoms with Gasteiger partial charge in [-0.3, -0.25) is 4.79 Å². The van der Waals surface area contributed by atoms with Gasteiger partial charge in [-0.05, 0) is 66.1 Å². The number of anilines is 1. The van der Waals surface area contributed by atoms with Crippen molar-refractivity contribution in [2.45, 2.75) is 17.7 Å². The molecule has 2 saturated heterocycles. The fraction of sp³-hybridized carbons (Fsp3) is 0.333. The second kappa shape index (κ2) is 10.2. The summed E-state index contributed by atoms with van der Waals surface area (Å²) >= 11 is 3.45. The number of rotatable bonds is 4. The molecule has 36 heavy (non-hydrogen) atoms. The highest BCUT2D eigenvalue weighted by Gasteiger charge is 2.34. The fourth-order valence-corrected chi connectivity index (χ4v) is 6.90. The number of hydrogen-bond donors (Lipinski definition) is 0. The molecule has 0 saturated carbocycles. The Balaban J connectivity index is 1.18. The van der Waals surface area contributed by atoms with E-state index in [1.165, 1.54) is 4.31 Å². The lowest BCUT2D eigenvalue weighted by Gasteiger charge is -2.38. The smallest absolute Gasteiger partial charge is 0.243 e. The fourth-order valence-electron chi connectivity index (χ4n) is 5.07. The highest BCUT2D eigenvalue weighted by Crippen LogP contribution is 2.28. The number of piperazine rings is 1. The minimum Gasteiger partial charge on any atom is -0.371 e. The predicted octanol–water partition coefficient (Wildman–Crippen LogP) is 4.22. The summed E-state index contributed by atoms with van der Waals surface area (Å²) in [4.78, 5) is 17.5. The molecular formula is C27H27BrN4O3S. The third-order valence-electron chi connectivity index (χ3n) is 7.15. The number of carbonyl (C=O) groups is 1. The lowest BCUT2D eigenvalue weighted by molar-refractivity contribution is -0.137. The molecule has 2 aliphatic heterocycles. The van der Waals surface area contributed by atoms with E-state index < -0.39 is 10.0 Å². The van der Waals surface area contributed by atoms with Gasteiger partial charge in [0.25, 0.3) is 0 Å². The molecule has 7 nitrogen and oxygen atoms in total. The molecular weight excluding hydrogens is 540 g/mol. The monoisotopic (exact) mass is 566 g/mol. The number of nitriles is 1. The van der Waals surface area contributed by atoms with Gasteiger partial charge >= 0.3 is 0 Å². The number of hydrogen-bond acceptors (Lipinski definition) is 5. The van der Waals surface area contributed by atoms with E-state index >= 15 is 0 Å². The minimum absolute atomic E-state index is 0.0524.